The minimum absolute atomic E-state index is 0.0401. The molecule has 1 saturated heterocycles. The van der Waals surface area contributed by atoms with Gasteiger partial charge in [0.05, 0.1) is 17.5 Å². The lowest BCUT2D eigenvalue weighted by Crippen LogP contribution is -2.31. The first-order valence-electron chi connectivity index (χ1n) is 6.49. The van der Waals surface area contributed by atoms with Gasteiger partial charge < -0.3 is 10.6 Å². The Morgan fingerprint density at radius 2 is 2.35 bits per heavy atom. The third-order valence-corrected chi connectivity index (χ3v) is 3.73. The second kappa shape index (κ2) is 5.26. The Morgan fingerprint density at radius 1 is 1.50 bits per heavy atom. The number of H-pyrrole nitrogens is 1. The zero-order valence-electron chi connectivity index (χ0n) is 10.8. The molecule has 0 bridgehead atoms. The van der Waals surface area contributed by atoms with Crippen LogP contribution in [0.15, 0.2) is 30.5 Å². The van der Waals surface area contributed by atoms with Gasteiger partial charge in [0.1, 0.15) is 0 Å². The van der Waals surface area contributed by atoms with Crippen LogP contribution in [0, 0.1) is 0 Å². The van der Waals surface area contributed by atoms with Crippen molar-refractivity contribution in [2.75, 3.05) is 13.1 Å². The quantitative estimate of drug-likeness (QED) is 0.887. The standard InChI is InChI=1S/C14H15ClN4O/c15-10-3-1-2-9(6-10)13-12(7-17-18-13)14(20)19-5-4-11(16)8-19/h1-3,6-7,11H,4-5,8,16H2,(H,17,18)/t11-/m1/s1. The predicted molar refractivity (Wildman–Crippen MR) is 77.5 cm³/mol. The van der Waals surface area contributed by atoms with Gasteiger partial charge in [-0.25, -0.2) is 0 Å². The molecule has 0 saturated carbocycles. The van der Waals surface area contributed by atoms with Crippen molar-refractivity contribution in [2.24, 2.45) is 5.73 Å². The molecule has 1 atom stereocenters. The highest BCUT2D eigenvalue weighted by molar-refractivity contribution is 6.30. The molecule has 104 valence electrons. The fraction of sp³-hybridized carbons (Fsp3) is 0.286. The monoisotopic (exact) mass is 290 g/mol. The van der Waals surface area contributed by atoms with Gasteiger partial charge in [-0.3, -0.25) is 9.89 Å². The minimum Gasteiger partial charge on any atom is -0.337 e. The number of hydrogen-bond acceptors (Lipinski definition) is 3. The van der Waals surface area contributed by atoms with Crippen LogP contribution in [0.4, 0.5) is 0 Å². The summed E-state index contributed by atoms with van der Waals surface area (Å²) in [6.45, 7) is 1.29. The summed E-state index contributed by atoms with van der Waals surface area (Å²) < 4.78 is 0. The van der Waals surface area contributed by atoms with Gasteiger partial charge >= 0.3 is 0 Å². The molecule has 1 aromatic carbocycles. The number of nitrogens with one attached hydrogen (secondary N) is 1. The highest BCUT2D eigenvalue weighted by atomic mass is 35.5. The fourth-order valence-corrected chi connectivity index (χ4v) is 2.64. The van der Waals surface area contributed by atoms with Crippen molar-refractivity contribution < 1.29 is 4.79 Å². The Kier molecular flexibility index (Phi) is 3.46. The van der Waals surface area contributed by atoms with Crippen LogP contribution < -0.4 is 5.73 Å². The normalized spacial score (nSPS) is 18.5. The Balaban J connectivity index is 1.92. The average molecular weight is 291 g/mol. The molecule has 0 spiro atoms. The molecule has 1 amide bonds. The van der Waals surface area contributed by atoms with Gasteiger partial charge in [-0.05, 0) is 18.6 Å². The van der Waals surface area contributed by atoms with Gasteiger partial charge in [-0.15, -0.1) is 0 Å². The number of halogens is 1. The summed E-state index contributed by atoms with van der Waals surface area (Å²) >= 11 is 5.99. The van der Waals surface area contributed by atoms with Crippen molar-refractivity contribution in [3.8, 4) is 11.3 Å². The third-order valence-electron chi connectivity index (χ3n) is 3.49. The van der Waals surface area contributed by atoms with E-state index in [-0.39, 0.29) is 11.9 Å². The van der Waals surface area contributed by atoms with Gasteiger partial charge in [0.2, 0.25) is 0 Å². The number of rotatable bonds is 2. The average Bonchev–Trinajstić information content (AvgIpc) is 3.06. The maximum atomic E-state index is 12.5. The van der Waals surface area contributed by atoms with Crippen molar-refractivity contribution >= 4 is 17.5 Å². The van der Waals surface area contributed by atoms with Gasteiger partial charge in [-0.2, -0.15) is 5.10 Å². The zero-order chi connectivity index (χ0) is 14.1. The number of carbonyl (C=O) groups is 1. The van der Waals surface area contributed by atoms with E-state index in [1.165, 1.54) is 0 Å². The van der Waals surface area contributed by atoms with Crippen molar-refractivity contribution in [3.63, 3.8) is 0 Å². The molecule has 0 radical (unpaired) electrons. The summed E-state index contributed by atoms with van der Waals surface area (Å²) in [5, 5.41) is 7.49. The van der Waals surface area contributed by atoms with Crippen LogP contribution in [0.3, 0.4) is 0 Å². The molecule has 0 aliphatic carbocycles. The van der Waals surface area contributed by atoms with Gasteiger partial charge in [-0.1, -0.05) is 23.7 Å². The molecular weight excluding hydrogens is 276 g/mol. The van der Waals surface area contributed by atoms with Crippen LogP contribution in [0.1, 0.15) is 16.8 Å². The van der Waals surface area contributed by atoms with Crippen LogP contribution in [0.25, 0.3) is 11.3 Å². The number of likely N-dealkylation sites (tertiary alicyclic amines) is 1. The van der Waals surface area contributed by atoms with Gasteiger partial charge in [0, 0.05) is 29.7 Å². The number of carbonyl (C=O) groups excluding carboxylic acids is 1. The van der Waals surface area contributed by atoms with Crippen molar-refractivity contribution in [3.05, 3.63) is 41.0 Å². The van der Waals surface area contributed by atoms with E-state index in [2.05, 4.69) is 10.2 Å². The molecule has 5 nitrogen and oxygen atoms in total. The predicted octanol–water partition coefficient (Wildman–Crippen LogP) is 1.90. The molecule has 3 rings (SSSR count). The summed E-state index contributed by atoms with van der Waals surface area (Å²) in [6.07, 6.45) is 2.40. The van der Waals surface area contributed by atoms with Gasteiger partial charge in [0.25, 0.3) is 5.91 Å². The van der Waals surface area contributed by atoms with Crippen LogP contribution in [0.2, 0.25) is 5.02 Å². The molecule has 20 heavy (non-hydrogen) atoms. The van der Waals surface area contributed by atoms with Crippen molar-refractivity contribution in [1.82, 2.24) is 15.1 Å². The molecule has 3 N–H and O–H groups in total. The molecule has 2 heterocycles. The fourth-order valence-electron chi connectivity index (χ4n) is 2.45. The molecule has 1 aliphatic heterocycles. The second-order valence-corrected chi connectivity index (χ2v) is 5.41. The summed E-state index contributed by atoms with van der Waals surface area (Å²) in [5.74, 6) is -0.0401. The number of aromatic amines is 1. The van der Waals surface area contributed by atoms with Crippen LogP contribution >= 0.6 is 11.6 Å². The molecule has 1 aliphatic rings. The Hall–Kier alpha value is -1.85. The lowest BCUT2D eigenvalue weighted by molar-refractivity contribution is 0.0791. The second-order valence-electron chi connectivity index (χ2n) is 4.97. The van der Waals surface area contributed by atoms with E-state index in [4.69, 9.17) is 17.3 Å². The molecule has 0 unspecified atom stereocenters. The smallest absolute Gasteiger partial charge is 0.257 e. The highest BCUT2D eigenvalue weighted by Gasteiger charge is 2.27. The van der Waals surface area contributed by atoms with E-state index >= 15 is 0 Å². The van der Waals surface area contributed by atoms with Gasteiger partial charge in [0.15, 0.2) is 0 Å². The summed E-state index contributed by atoms with van der Waals surface area (Å²) in [4.78, 5) is 14.3. The lowest BCUT2D eigenvalue weighted by atomic mass is 10.1. The number of aromatic nitrogens is 2. The Morgan fingerprint density at radius 3 is 3.05 bits per heavy atom. The molecule has 1 aromatic heterocycles. The zero-order valence-corrected chi connectivity index (χ0v) is 11.6. The SMILES string of the molecule is N[C@@H]1CCN(C(=O)c2cn[nH]c2-c2cccc(Cl)c2)C1. The molecular formula is C14H15ClN4O. The van der Waals surface area contributed by atoms with Crippen LogP contribution in [-0.4, -0.2) is 40.1 Å². The largest absolute Gasteiger partial charge is 0.337 e. The van der Waals surface area contributed by atoms with E-state index in [0.717, 1.165) is 12.0 Å². The number of benzene rings is 1. The first-order chi connectivity index (χ1) is 9.65. The van der Waals surface area contributed by atoms with E-state index in [0.29, 0.717) is 29.4 Å². The first kappa shape index (κ1) is 13.1. The number of hydrogen-bond donors (Lipinski definition) is 2. The molecule has 1 fully saturated rings. The van der Waals surface area contributed by atoms with Crippen molar-refractivity contribution in [2.45, 2.75) is 12.5 Å². The van der Waals surface area contributed by atoms with E-state index in [1.807, 2.05) is 18.2 Å². The first-order valence-corrected chi connectivity index (χ1v) is 6.87. The lowest BCUT2D eigenvalue weighted by Gasteiger charge is -2.15. The number of nitrogens with two attached hydrogens (primary N) is 1. The van der Waals surface area contributed by atoms with E-state index < -0.39 is 0 Å². The van der Waals surface area contributed by atoms with Crippen LogP contribution in [0.5, 0.6) is 0 Å². The summed E-state index contributed by atoms with van der Waals surface area (Å²) in [5.41, 5.74) is 7.95. The molecule has 2 aromatic rings. The number of nitrogens with zero attached hydrogens (tertiary/aromatic N) is 2. The van der Waals surface area contributed by atoms with Crippen LogP contribution in [-0.2, 0) is 0 Å². The van der Waals surface area contributed by atoms with E-state index in [9.17, 15) is 4.79 Å². The summed E-state index contributed by atoms with van der Waals surface area (Å²) in [7, 11) is 0. The Labute approximate surface area is 121 Å². The molecule has 6 heteroatoms. The maximum absolute atomic E-state index is 12.5. The Bertz CT molecular complexity index is 640. The maximum Gasteiger partial charge on any atom is 0.257 e. The minimum atomic E-state index is -0.0401. The number of amides is 1. The van der Waals surface area contributed by atoms with E-state index in [1.54, 1.807) is 17.2 Å². The third kappa shape index (κ3) is 2.42. The topological polar surface area (TPSA) is 75.0 Å². The summed E-state index contributed by atoms with van der Waals surface area (Å²) in [6, 6.07) is 7.41. The highest BCUT2D eigenvalue weighted by Crippen LogP contribution is 2.25. The van der Waals surface area contributed by atoms with Crippen molar-refractivity contribution in [1.29, 1.82) is 0 Å².